The molecular weight excluding hydrogens is 763 g/mol. The lowest BCUT2D eigenvalue weighted by Gasteiger charge is -2.26. The first kappa shape index (κ1) is 36.5. The van der Waals surface area contributed by atoms with Crippen LogP contribution in [0.2, 0.25) is 0 Å². The van der Waals surface area contributed by atoms with Crippen molar-refractivity contribution in [3.63, 3.8) is 0 Å². The standard InChI is InChI=1S/C60H41N3/c1-4-17-48(18-5-1)61(52-35-29-43(30-36-52)47-31-37-55-53-23-10-12-25-57(53)63(60(55)41-47)50-21-8-3-9-22-50)51-33-27-42(28-34-51)44-15-14-16-45(39-44)46-32-38-59-56(40-46)54-24-11-13-26-58(54)62(59)49-19-6-2-7-20-49/h1-41H. The molecule has 0 aliphatic heterocycles. The lowest BCUT2D eigenvalue weighted by Crippen LogP contribution is -2.09. The monoisotopic (exact) mass is 803 g/mol. The Kier molecular flexibility index (Phi) is 8.83. The molecule has 0 atom stereocenters. The fourth-order valence-electron chi connectivity index (χ4n) is 9.52. The zero-order valence-corrected chi connectivity index (χ0v) is 34.5. The van der Waals surface area contributed by atoms with Gasteiger partial charge in [0.1, 0.15) is 0 Å². The van der Waals surface area contributed by atoms with Crippen LogP contribution in [0.15, 0.2) is 249 Å². The van der Waals surface area contributed by atoms with Gasteiger partial charge in [0.2, 0.25) is 0 Å². The Morgan fingerprint density at radius 1 is 0.222 bits per heavy atom. The van der Waals surface area contributed by atoms with Crippen LogP contribution in [0.1, 0.15) is 0 Å². The molecule has 0 aliphatic rings. The summed E-state index contributed by atoms with van der Waals surface area (Å²) in [6, 6.07) is 90.0. The van der Waals surface area contributed by atoms with E-state index in [-0.39, 0.29) is 0 Å². The van der Waals surface area contributed by atoms with Crippen LogP contribution in [0, 0.1) is 0 Å². The van der Waals surface area contributed by atoms with Crippen LogP contribution in [0.25, 0.3) is 88.4 Å². The van der Waals surface area contributed by atoms with Crippen molar-refractivity contribution in [2.24, 2.45) is 0 Å². The van der Waals surface area contributed by atoms with E-state index in [9.17, 15) is 0 Å². The van der Waals surface area contributed by atoms with E-state index >= 15 is 0 Å². The summed E-state index contributed by atoms with van der Waals surface area (Å²) in [5.41, 5.74) is 17.6. The lowest BCUT2D eigenvalue weighted by atomic mass is 9.97. The van der Waals surface area contributed by atoms with E-state index in [1.807, 2.05) is 0 Å². The van der Waals surface area contributed by atoms with Crippen LogP contribution in [-0.2, 0) is 0 Å². The number of hydrogen-bond donors (Lipinski definition) is 0. The molecule has 2 aromatic heterocycles. The van der Waals surface area contributed by atoms with E-state index in [1.165, 1.54) is 82.7 Å². The van der Waals surface area contributed by atoms with Crippen LogP contribution in [0.5, 0.6) is 0 Å². The molecule has 3 heteroatoms. The normalized spacial score (nSPS) is 11.5. The zero-order chi connectivity index (χ0) is 41.7. The maximum Gasteiger partial charge on any atom is 0.0547 e. The van der Waals surface area contributed by atoms with E-state index in [0.29, 0.717) is 0 Å². The summed E-state index contributed by atoms with van der Waals surface area (Å²) < 4.78 is 4.75. The van der Waals surface area contributed by atoms with Crippen molar-refractivity contribution in [1.82, 2.24) is 9.13 Å². The highest BCUT2D eigenvalue weighted by molar-refractivity contribution is 6.11. The van der Waals surface area contributed by atoms with Crippen molar-refractivity contribution in [3.8, 4) is 44.8 Å². The van der Waals surface area contributed by atoms with Crippen LogP contribution < -0.4 is 4.90 Å². The van der Waals surface area contributed by atoms with Gasteiger partial charge in [-0.3, -0.25) is 0 Å². The molecule has 0 saturated heterocycles. The largest absolute Gasteiger partial charge is 0.311 e. The molecule has 0 fully saturated rings. The number of rotatable bonds is 8. The molecule has 0 spiro atoms. The second kappa shape index (κ2) is 15.3. The molecule has 3 nitrogen and oxygen atoms in total. The second-order valence-electron chi connectivity index (χ2n) is 16.2. The number of aromatic nitrogens is 2. The Morgan fingerprint density at radius 2 is 0.619 bits per heavy atom. The average Bonchev–Trinajstić information content (AvgIpc) is 3.88. The minimum absolute atomic E-state index is 1.10. The predicted molar refractivity (Wildman–Crippen MR) is 266 cm³/mol. The molecule has 0 amide bonds. The molecule has 63 heavy (non-hydrogen) atoms. The summed E-state index contributed by atoms with van der Waals surface area (Å²) in [6.45, 7) is 0. The van der Waals surface area contributed by atoms with Crippen LogP contribution in [-0.4, -0.2) is 9.13 Å². The van der Waals surface area contributed by atoms with Crippen molar-refractivity contribution in [2.45, 2.75) is 0 Å². The summed E-state index contributed by atoms with van der Waals surface area (Å²) in [6.07, 6.45) is 0. The van der Waals surface area contributed by atoms with E-state index < -0.39 is 0 Å². The van der Waals surface area contributed by atoms with Crippen molar-refractivity contribution in [3.05, 3.63) is 249 Å². The van der Waals surface area contributed by atoms with Crippen LogP contribution in [0.3, 0.4) is 0 Å². The molecule has 2 heterocycles. The average molecular weight is 804 g/mol. The Balaban J connectivity index is 0.868. The first-order chi connectivity index (χ1) is 31.2. The zero-order valence-electron chi connectivity index (χ0n) is 34.5. The minimum Gasteiger partial charge on any atom is -0.311 e. The number of para-hydroxylation sites is 5. The van der Waals surface area contributed by atoms with E-state index in [4.69, 9.17) is 0 Å². The Morgan fingerprint density at radius 3 is 1.22 bits per heavy atom. The van der Waals surface area contributed by atoms with Crippen molar-refractivity contribution in [1.29, 1.82) is 0 Å². The van der Waals surface area contributed by atoms with Crippen molar-refractivity contribution >= 4 is 60.7 Å². The molecule has 0 bridgehead atoms. The highest BCUT2D eigenvalue weighted by atomic mass is 15.1. The van der Waals surface area contributed by atoms with Gasteiger partial charge in [-0.2, -0.15) is 0 Å². The fourth-order valence-corrected chi connectivity index (χ4v) is 9.52. The van der Waals surface area contributed by atoms with Gasteiger partial charge in [-0.15, -0.1) is 0 Å². The van der Waals surface area contributed by atoms with Gasteiger partial charge in [0, 0.05) is 50.0 Å². The summed E-state index contributed by atoms with van der Waals surface area (Å²) in [5.74, 6) is 0. The number of benzene rings is 10. The maximum atomic E-state index is 2.38. The van der Waals surface area contributed by atoms with Crippen LogP contribution >= 0.6 is 0 Å². The van der Waals surface area contributed by atoms with Crippen molar-refractivity contribution in [2.75, 3.05) is 4.90 Å². The fraction of sp³-hybridized carbons (Fsp3) is 0. The molecule has 12 aromatic rings. The van der Waals surface area contributed by atoms with Gasteiger partial charge in [0.05, 0.1) is 22.1 Å². The molecule has 0 N–H and O–H groups in total. The number of fused-ring (bicyclic) bond motifs is 6. The molecule has 296 valence electrons. The number of nitrogens with zero attached hydrogens (tertiary/aromatic N) is 3. The predicted octanol–water partition coefficient (Wildman–Crippen LogP) is 16.4. The quantitative estimate of drug-likeness (QED) is 0.149. The van der Waals surface area contributed by atoms with Crippen LogP contribution in [0.4, 0.5) is 17.1 Å². The van der Waals surface area contributed by atoms with Gasteiger partial charge in [-0.05, 0) is 130 Å². The molecule has 10 aromatic carbocycles. The second-order valence-corrected chi connectivity index (χ2v) is 16.2. The number of anilines is 3. The molecule has 0 saturated carbocycles. The Hall–Kier alpha value is -8.40. The molecular formula is C60H41N3. The first-order valence-corrected chi connectivity index (χ1v) is 21.6. The lowest BCUT2D eigenvalue weighted by molar-refractivity contribution is 1.18. The third-order valence-corrected chi connectivity index (χ3v) is 12.5. The highest BCUT2D eigenvalue weighted by Gasteiger charge is 2.17. The van der Waals surface area contributed by atoms with E-state index in [2.05, 4.69) is 263 Å². The Bertz CT molecular complexity index is 3580. The van der Waals surface area contributed by atoms with E-state index in [0.717, 1.165) is 22.7 Å². The first-order valence-electron chi connectivity index (χ1n) is 21.6. The van der Waals surface area contributed by atoms with Gasteiger partial charge in [0.25, 0.3) is 0 Å². The summed E-state index contributed by atoms with van der Waals surface area (Å²) in [5, 5.41) is 5.03. The smallest absolute Gasteiger partial charge is 0.0547 e. The molecule has 0 unspecified atom stereocenters. The third kappa shape index (κ3) is 6.38. The SMILES string of the molecule is c1ccc(N(c2ccc(-c3cccc(-c4ccc5c(c4)c4ccccc4n5-c4ccccc4)c3)cc2)c2ccc(-c3ccc4c5ccccc5n(-c5ccccc5)c4c3)cc2)cc1. The van der Waals surface area contributed by atoms with Crippen molar-refractivity contribution < 1.29 is 0 Å². The Labute approximate surface area is 366 Å². The highest BCUT2D eigenvalue weighted by Crippen LogP contribution is 2.40. The van der Waals surface area contributed by atoms with Gasteiger partial charge in [-0.25, -0.2) is 0 Å². The minimum atomic E-state index is 1.10. The van der Waals surface area contributed by atoms with Gasteiger partial charge >= 0.3 is 0 Å². The third-order valence-electron chi connectivity index (χ3n) is 12.5. The van der Waals surface area contributed by atoms with E-state index in [1.54, 1.807) is 0 Å². The number of hydrogen-bond acceptors (Lipinski definition) is 1. The summed E-state index contributed by atoms with van der Waals surface area (Å²) >= 11 is 0. The molecule has 0 radical (unpaired) electrons. The van der Waals surface area contributed by atoms with Gasteiger partial charge in [-0.1, -0.05) is 152 Å². The summed E-state index contributed by atoms with van der Waals surface area (Å²) in [7, 11) is 0. The topological polar surface area (TPSA) is 13.1 Å². The van der Waals surface area contributed by atoms with Gasteiger partial charge in [0.15, 0.2) is 0 Å². The van der Waals surface area contributed by atoms with Gasteiger partial charge < -0.3 is 14.0 Å². The maximum absolute atomic E-state index is 2.38. The molecule has 12 rings (SSSR count). The molecule has 0 aliphatic carbocycles. The summed E-state index contributed by atoms with van der Waals surface area (Å²) in [4.78, 5) is 2.33.